The van der Waals surface area contributed by atoms with Crippen molar-refractivity contribution in [3.05, 3.63) is 55.7 Å². The molecule has 0 spiro atoms. The van der Waals surface area contributed by atoms with Crippen LogP contribution in [0.4, 0.5) is 0 Å². The molecule has 0 saturated carbocycles. The van der Waals surface area contributed by atoms with Crippen LogP contribution in [0.5, 0.6) is 0 Å². The van der Waals surface area contributed by atoms with Crippen LogP contribution in [0.1, 0.15) is 132 Å². The van der Waals surface area contributed by atoms with E-state index >= 15 is 0 Å². The van der Waals surface area contributed by atoms with E-state index in [4.69, 9.17) is 9.97 Å². The number of nitrogens with zero attached hydrogens (tertiary/aromatic N) is 4. The highest BCUT2D eigenvalue weighted by atomic mass is 79.9. The van der Waals surface area contributed by atoms with Crippen LogP contribution < -0.4 is 0 Å². The second-order valence-corrected chi connectivity index (χ2v) is 14.9. The van der Waals surface area contributed by atoms with Gasteiger partial charge in [0, 0.05) is 77.9 Å². The average molecular weight is 775 g/mol. The van der Waals surface area contributed by atoms with E-state index in [-0.39, 0.29) is 23.6 Å². The Morgan fingerprint density at radius 2 is 0.833 bits per heavy atom. The fourth-order valence-corrected chi connectivity index (χ4v) is 8.86. The number of unbranched alkanes of at least 4 members (excludes halogenated alkanes) is 10. The predicted molar refractivity (Wildman–Crippen MR) is 196 cm³/mol. The average Bonchev–Trinajstić information content (AvgIpc) is 3.08. The highest BCUT2D eigenvalue weighted by Crippen LogP contribution is 2.49. The first-order valence-corrected chi connectivity index (χ1v) is 18.9. The van der Waals surface area contributed by atoms with Gasteiger partial charge in [0.25, 0.3) is 23.6 Å². The van der Waals surface area contributed by atoms with Gasteiger partial charge in [-0.05, 0) is 25.0 Å². The number of hydrogen-bond acceptors (Lipinski definition) is 6. The van der Waals surface area contributed by atoms with Gasteiger partial charge < -0.3 is 0 Å². The van der Waals surface area contributed by atoms with E-state index < -0.39 is 0 Å². The molecule has 2 aliphatic rings. The van der Waals surface area contributed by atoms with E-state index in [0.29, 0.717) is 87.6 Å². The molecular formula is C38H38Br2N4O4. The number of aromatic nitrogens is 2. The SMILES string of the molecule is CCCCCCCCN1C(=O)c2cnc3c4c(Br)cc5c6c(cnc(c7c(Br)cc(c2c37)C1=O)c64)C(=O)N(CCCCCCCC)C5=O. The van der Waals surface area contributed by atoms with Gasteiger partial charge in [0.05, 0.1) is 22.2 Å². The summed E-state index contributed by atoms with van der Waals surface area (Å²) in [6.07, 6.45) is 15.8. The molecule has 2 aliphatic heterocycles. The summed E-state index contributed by atoms with van der Waals surface area (Å²) in [4.78, 5) is 67.9. The highest BCUT2D eigenvalue weighted by molar-refractivity contribution is 9.11. The van der Waals surface area contributed by atoms with E-state index in [1.807, 2.05) is 0 Å². The van der Waals surface area contributed by atoms with Gasteiger partial charge in [-0.15, -0.1) is 0 Å². The van der Waals surface area contributed by atoms with Crippen molar-refractivity contribution in [3.8, 4) is 0 Å². The van der Waals surface area contributed by atoms with Crippen molar-refractivity contribution < 1.29 is 19.2 Å². The quantitative estimate of drug-likeness (QED) is 0.0482. The Labute approximate surface area is 296 Å². The third kappa shape index (κ3) is 5.21. The fraction of sp³-hybridized carbons (Fsp3) is 0.421. The van der Waals surface area contributed by atoms with Crippen molar-refractivity contribution in [1.29, 1.82) is 0 Å². The van der Waals surface area contributed by atoms with Crippen LogP contribution in [0, 0.1) is 0 Å². The summed E-state index contributed by atoms with van der Waals surface area (Å²) in [5.41, 5.74) is 2.84. The van der Waals surface area contributed by atoms with Crippen LogP contribution in [-0.4, -0.2) is 56.5 Å². The third-order valence-corrected chi connectivity index (χ3v) is 11.3. The Kier molecular flexibility index (Phi) is 9.24. The number of amides is 4. The molecule has 248 valence electrons. The van der Waals surface area contributed by atoms with E-state index in [1.165, 1.54) is 22.6 Å². The van der Waals surface area contributed by atoms with Gasteiger partial charge in [0.2, 0.25) is 0 Å². The highest BCUT2D eigenvalue weighted by Gasteiger charge is 2.38. The van der Waals surface area contributed by atoms with Gasteiger partial charge in [0.15, 0.2) is 0 Å². The first-order valence-electron chi connectivity index (χ1n) is 17.3. The van der Waals surface area contributed by atoms with Crippen molar-refractivity contribution in [2.45, 2.75) is 90.9 Å². The normalized spacial score (nSPS) is 14.7. The zero-order valence-corrected chi connectivity index (χ0v) is 30.6. The maximum absolute atomic E-state index is 13.9. The number of imide groups is 2. The van der Waals surface area contributed by atoms with Crippen LogP contribution in [0.2, 0.25) is 0 Å². The lowest BCUT2D eigenvalue weighted by Crippen LogP contribution is -2.41. The number of rotatable bonds is 14. The molecule has 8 nitrogen and oxygen atoms in total. The van der Waals surface area contributed by atoms with Crippen LogP contribution in [0.15, 0.2) is 33.5 Å². The summed E-state index contributed by atoms with van der Waals surface area (Å²) in [6.45, 7) is 5.09. The smallest absolute Gasteiger partial charge is 0.262 e. The summed E-state index contributed by atoms with van der Waals surface area (Å²) < 4.78 is 1.28. The number of pyridine rings is 2. The molecule has 10 heteroatoms. The van der Waals surface area contributed by atoms with E-state index in [1.54, 1.807) is 24.5 Å². The number of fused-ring (bicyclic) bond motifs is 2. The maximum atomic E-state index is 13.9. The molecule has 2 aromatic heterocycles. The molecule has 0 aliphatic carbocycles. The Morgan fingerprint density at radius 1 is 0.479 bits per heavy atom. The van der Waals surface area contributed by atoms with Crippen molar-refractivity contribution in [1.82, 2.24) is 19.8 Å². The summed E-state index contributed by atoms with van der Waals surface area (Å²) >= 11 is 7.49. The monoisotopic (exact) mass is 772 g/mol. The number of hydrogen-bond donors (Lipinski definition) is 0. The minimum Gasteiger partial charge on any atom is -0.274 e. The molecule has 48 heavy (non-hydrogen) atoms. The lowest BCUT2D eigenvalue weighted by Gasteiger charge is -2.30. The minimum atomic E-state index is -0.335. The molecule has 0 unspecified atom stereocenters. The Morgan fingerprint density at radius 3 is 1.23 bits per heavy atom. The minimum absolute atomic E-state index is 0.310. The molecule has 0 radical (unpaired) electrons. The molecule has 0 bridgehead atoms. The molecular weight excluding hydrogens is 736 g/mol. The summed E-state index contributed by atoms with van der Waals surface area (Å²) in [7, 11) is 0. The van der Waals surface area contributed by atoms with Gasteiger partial charge in [0.1, 0.15) is 0 Å². The molecule has 0 saturated heterocycles. The molecule has 7 rings (SSSR count). The van der Waals surface area contributed by atoms with Crippen LogP contribution in [0.3, 0.4) is 0 Å². The number of carbonyl (C=O) groups is 4. The van der Waals surface area contributed by atoms with Crippen LogP contribution >= 0.6 is 31.9 Å². The number of carbonyl (C=O) groups excluding carboxylic acids is 4. The van der Waals surface area contributed by atoms with Gasteiger partial charge in [-0.2, -0.15) is 0 Å². The third-order valence-electron chi connectivity index (χ3n) is 10.1. The number of halogens is 2. The molecule has 4 heterocycles. The van der Waals surface area contributed by atoms with Gasteiger partial charge in [-0.3, -0.25) is 38.9 Å². The van der Waals surface area contributed by atoms with Gasteiger partial charge >= 0.3 is 0 Å². The second-order valence-electron chi connectivity index (χ2n) is 13.2. The molecule has 4 amide bonds. The standard InChI is InChI=1S/C38H38Br2N4O4/c1-3-5-7-9-11-13-15-43-35(45)21-17-25(39)29-31-27(21)23(37(43)47)19-41-33(31)30-26(40)18-22-28-24(20-42-34(29)32(28)30)38(48)44(36(22)46)16-14-12-10-8-6-4-2/h17-20H,3-16H2,1-2H3. The van der Waals surface area contributed by atoms with Crippen LogP contribution in [0.25, 0.3) is 43.4 Å². The number of benzene rings is 3. The van der Waals surface area contributed by atoms with Crippen molar-refractivity contribution in [2.24, 2.45) is 0 Å². The van der Waals surface area contributed by atoms with E-state index in [2.05, 4.69) is 45.7 Å². The summed E-state index contributed by atoms with van der Waals surface area (Å²) in [5.74, 6) is -1.29. The zero-order chi connectivity index (χ0) is 33.7. The Hall–Kier alpha value is -3.50. The Bertz CT molecular complexity index is 1990. The molecule has 3 aromatic carbocycles. The zero-order valence-electron chi connectivity index (χ0n) is 27.4. The molecule has 0 atom stereocenters. The molecule has 0 N–H and O–H groups in total. The van der Waals surface area contributed by atoms with Crippen molar-refractivity contribution in [3.63, 3.8) is 0 Å². The van der Waals surface area contributed by atoms with E-state index in [0.717, 1.165) is 64.2 Å². The van der Waals surface area contributed by atoms with Crippen molar-refractivity contribution >= 4 is 98.8 Å². The first-order chi connectivity index (χ1) is 23.3. The molecule has 0 fully saturated rings. The lowest BCUT2D eigenvalue weighted by atomic mass is 9.86. The fourth-order valence-electron chi connectivity index (χ4n) is 7.63. The van der Waals surface area contributed by atoms with E-state index in [9.17, 15) is 19.2 Å². The first kappa shape index (κ1) is 33.0. The topological polar surface area (TPSA) is 101 Å². The van der Waals surface area contributed by atoms with Gasteiger partial charge in [-0.25, -0.2) is 0 Å². The lowest BCUT2D eigenvalue weighted by molar-refractivity contribution is 0.0592. The summed E-state index contributed by atoms with van der Waals surface area (Å²) in [5, 5.41) is 3.86. The molecule has 5 aromatic rings. The van der Waals surface area contributed by atoms with Crippen molar-refractivity contribution in [2.75, 3.05) is 13.1 Å². The second kappa shape index (κ2) is 13.4. The van der Waals surface area contributed by atoms with Crippen LogP contribution in [-0.2, 0) is 0 Å². The predicted octanol–water partition coefficient (Wildman–Crippen LogP) is 9.97. The largest absolute Gasteiger partial charge is 0.274 e. The maximum Gasteiger partial charge on any atom is 0.262 e. The van der Waals surface area contributed by atoms with Gasteiger partial charge in [-0.1, -0.05) is 110 Å². The Balaban J connectivity index is 1.33. The summed E-state index contributed by atoms with van der Waals surface area (Å²) in [6, 6.07) is 3.56.